The number of nitrogens with zero attached hydrogens (tertiary/aromatic N) is 3. The molecule has 2 rings (SSSR count). The van der Waals surface area contributed by atoms with E-state index in [9.17, 15) is 4.79 Å². The lowest BCUT2D eigenvalue weighted by Gasteiger charge is -2.36. The van der Waals surface area contributed by atoms with Crippen molar-refractivity contribution in [1.29, 1.82) is 0 Å². The summed E-state index contributed by atoms with van der Waals surface area (Å²) in [6.07, 6.45) is 2.94. The second-order valence-corrected chi connectivity index (χ2v) is 5.01. The van der Waals surface area contributed by atoms with E-state index in [2.05, 4.69) is 21.7 Å². The quantitative estimate of drug-likeness (QED) is 0.699. The van der Waals surface area contributed by atoms with E-state index in [-0.39, 0.29) is 12.3 Å². The Morgan fingerprint density at radius 1 is 1.50 bits per heavy atom. The lowest BCUT2D eigenvalue weighted by molar-refractivity contribution is -0.112. The van der Waals surface area contributed by atoms with Crippen LogP contribution in [-0.2, 0) is 9.53 Å². The molecule has 2 unspecified atom stereocenters. The first-order chi connectivity index (χ1) is 8.77. The summed E-state index contributed by atoms with van der Waals surface area (Å²) in [5.41, 5.74) is 0. The van der Waals surface area contributed by atoms with Gasteiger partial charge >= 0.3 is 0 Å². The Kier molecular flexibility index (Phi) is 5.12. The first-order valence-corrected chi connectivity index (χ1v) is 6.91. The number of carbonyl (C=O) groups excluding carboxylic acids is 1. The van der Waals surface area contributed by atoms with Crippen molar-refractivity contribution in [3.8, 4) is 0 Å². The van der Waals surface area contributed by atoms with Crippen LogP contribution in [0.5, 0.6) is 0 Å². The third-order valence-corrected chi connectivity index (χ3v) is 3.73. The van der Waals surface area contributed by atoms with Crippen molar-refractivity contribution < 1.29 is 9.53 Å². The number of morpholine rings is 1. The predicted molar refractivity (Wildman–Crippen MR) is 70.9 cm³/mol. The summed E-state index contributed by atoms with van der Waals surface area (Å²) >= 11 is 6.09. The van der Waals surface area contributed by atoms with E-state index < -0.39 is 0 Å². The van der Waals surface area contributed by atoms with Crippen LogP contribution >= 0.6 is 11.6 Å². The molecule has 2 heterocycles. The highest BCUT2D eigenvalue weighted by molar-refractivity contribution is 6.68. The van der Waals surface area contributed by atoms with Crippen molar-refractivity contribution in [2.75, 3.05) is 32.8 Å². The molecule has 1 fully saturated rings. The number of aldehydes is 1. The molecule has 5 nitrogen and oxygen atoms in total. The van der Waals surface area contributed by atoms with E-state index in [1.54, 1.807) is 0 Å². The molecular weight excluding hydrogens is 254 g/mol. The number of hydrogen-bond acceptors (Lipinski definition) is 5. The van der Waals surface area contributed by atoms with Gasteiger partial charge in [-0.25, -0.2) is 4.99 Å². The van der Waals surface area contributed by atoms with Gasteiger partial charge in [-0.2, -0.15) is 0 Å². The monoisotopic (exact) mass is 273 g/mol. The highest BCUT2D eigenvalue weighted by Crippen LogP contribution is 2.23. The molecule has 0 aliphatic carbocycles. The first-order valence-electron chi connectivity index (χ1n) is 6.54. The Bertz CT molecular complexity index is 318. The topological polar surface area (TPSA) is 45.1 Å². The SMILES string of the molecule is CCCCN1C(C=O)C(Cl)=NC1N1CCOCC1. The molecule has 0 spiro atoms. The molecule has 0 bridgehead atoms. The van der Waals surface area contributed by atoms with E-state index >= 15 is 0 Å². The van der Waals surface area contributed by atoms with Gasteiger partial charge in [0.15, 0.2) is 6.29 Å². The molecule has 0 aromatic carbocycles. The number of aliphatic imine (C=N–C) groups is 1. The summed E-state index contributed by atoms with van der Waals surface area (Å²) in [7, 11) is 0. The van der Waals surface area contributed by atoms with Crippen molar-refractivity contribution in [3.05, 3.63) is 0 Å². The number of hydrogen-bond donors (Lipinski definition) is 0. The molecule has 1 saturated heterocycles. The van der Waals surface area contributed by atoms with Crippen molar-refractivity contribution in [2.24, 2.45) is 4.99 Å². The van der Waals surface area contributed by atoms with E-state index in [4.69, 9.17) is 16.3 Å². The Morgan fingerprint density at radius 2 is 2.22 bits per heavy atom. The fourth-order valence-corrected chi connectivity index (χ4v) is 2.63. The van der Waals surface area contributed by atoms with Gasteiger partial charge in [0.2, 0.25) is 0 Å². The smallest absolute Gasteiger partial charge is 0.161 e. The van der Waals surface area contributed by atoms with Crippen LogP contribution in [0.1, 0.15) is 19.8 Å². The highest BCUT2D eigenvalue weighted by Gasteiger charge is 2.38. The number of ether oxygens (including phenoxy) is 1. The van der Waals surface area contributed by atoms with Crippen LogP contribution in [0, 0.1) is 0 Å². The van der Waals surface area contributed by atoms with Gasteiger partial charge in [0, 0.05) is 19.6 Å². The Balaban J connectivity index is 2.07. The largest absolute Gasteiger partial charge is 0.379 e. The Morgan fingerprint density at radius 3 is 2.83 bits per heavy atom. The zero-order valence-corrected chi connectivity index (χ0v) is 11.5. The molecule has 18 heavy (non-hydrogen) atoms. The zero-order valence-electron chi connectivity index (χ0n) is 10.7. The van der Waals surface area contributed by atoms with Crippen LogP contribution in [0.3, 0.4) is 0 Å². The van der Waals surface area contributed by atoms with E-state index in [1.165, 1.54) is 0 Å². The van der Waals surface area contributed by atoms with Crippen molar-refractivity contribution in [2.45, 2.75) is 32.1 Å². The highest BCUT2D eigenvalue weighted by atomic mass is 35.5. The van der Waals surface area contributed by atoms with Crippen LogP contribution in [-0.4, -0.2) is 66.4 Å². The molecule has 0 radical (unpaired) electrons. The average molecular weight is 274 g/mol. The van der Waals surface area contributed by atoms with Crippen molar-refractivity contribution >= 4 is 23.1 Å². The summed E-state index contributed by atoms with van der Waals surface area (Å²) in [6, 6.07) is -0.369. The molecule has 0 aromatic heterocycles. The molecule has 2 aliphatic heterocycles. The van der Waals surface area contributed by atoms with E-state index in [0.29, 0.717) is 5.17 Å². The minimum atomic E-state index is -0.369. The third kappa shape index (κ3) is 2.91. The molecule has 2 atom stereocenters. The second-order valence-electron chi connectivity index (χ2n) is 4.62. The van der Waals surface area contributed by atoms with Crippen LogP contribution in [0.4, 0.5) is 0 Å². The van der Waals surface area contributed by atoms with Gasteiger partial charge in [-0.05, 0) is 6.42 Å². The van der Waals surface area contributed by atoms with Gasteiger partial charge in [0.05, 0.1) is 13.2 Å². The summed E-state index contributed by atoms with van der Waals surface area (Å²) in [5.74, 6) is 0. The van der Waals surface area contributed by atoms with E-state index in [0.717, 1.165) is 52.0 Å². The summed E-state index contributed by atoms with van der Waals surface area (Å²) in [4.78, 5) is 19.9. The maximum absolute atomic E-state index is 11.2. The number of carbonyl (C=O) groups is 1. The van der Waals surface area contributed by atoms with Gasteiger partial charge in [-0.3, -0.25) is 9.80 Å². The Hall–Kier alpha value is -0.490. The van der Waals surface area contributed by atoms with Crippen molar-refractivity contribution in [1.82, 2.24) is 9.80 Å². The van der Waals surface area contributed by atoms with Gasteiger partial charge in [-0.1, -0.05) is 24.9 Å². The van der Waals surface area contributed by atoms with E-state index in [1.807, 2.05) is 0 Å². The molecule has 0 amide bonds. The van der Waals surface area contributed by atoms with Crippen LogP contribution in [0.15, 0.2) is 4.99 Å². The minimum absolute atomic E-state index is 0.0943. The lowest BCUT2D eigenvalue weighted by Crippen LogP contribution is -2.52. The predicted octanol–water partition coefficient (Wildman–Crippen LogP) is 0.923. The maximum atomic E-state index is 11.2. The molecular formula is C12H20ClN3O2. The molecule has 0 aromatic rings. The number of unbranched alkanes of at least 4 members (excludes halogenated alkanes) is 1. The zero-order chi connectivity index (χ0) is 13.0. The first kappa shape index (κ1) is 13.9. The van der Waals surface area contributed by atoms with Gasteiger partial charge in [0.1, 0.15) is 17.5 Å². The van der Waals surface area contributed by atoms with Crippen LogP contribution in [0.25, 0.3) is 0 Å². The molecule has 0 saturated carbocycles. The van der Waals surface area contributed by atoms with Gasteiger partial charge < -0.3 is 9.53 Å². The molecule has 102 valence electrons. The number of rotatable bonds is 5. The molecule has 0 N–H and O–H groups in total. The van der Waals surface area contributed by atoms with Crippen LogP contribution < -0.4 is 0 Å². The second kappa shape index (κ2) is 6.61. The molecule has 2 aliphatic rings. The van der Waals surface area contributed by atoms with Gasteiger partial charge in [-0.15, -0.1) is 0 Å². The van der Waals surface area contributed by atoms with Crippen LogP contribution in [0.2, 0.25) is 0 Å². The summed E-state index contributed by atoms with van der Waals surface area (Å²) in [6.45, 7) is 6.10. The average Bonchev–Trinajstić information content (AvgIpc) is 2.73. The third-order valence-electron chi connectivity index (χ3n) is 3.41. The molecule has 6 heteroatoms. The minimum Gasteiger partial charge on any atom is -0.379 e. The fraction of sp³-hybridized carbons (Fsp3) is 0.833. The fourth-order valence-electron chi connectivity index (χ4n) is 2.37. The van der Waals surface area contributed by atoms with Crippen molar-refractivity contribution in [3.63, 3.8) is 0 Å². The maximum Gasteiger partial charge on any atom is 0.161 e. The summed E-state index contributed by atoms with van der Waals surface area (Å²) < 4.78 is 5.34. The Labute approximate surface area is 113 Å². The number of halogens is 1. The lowest BCUT2D eigenvalue weighted by atomic mass is 10.2. The van der Waals surface area contributed by atoms with Gasteiger partial charge in [0.25, 0.3) is 0 Å². The standard InChI is InChI=1S/C12H20ClN3O2/c1-2-3-4-16-10(9-17)11(13)14-12(16)15-5-7-18-8-6-15/h9-10,12H,2-8H2,1H3. The summed E-state index contributed by atoms with van der Waals surface area (Å²) in [5, 5.41) is 0.414. The normalized spacial score (nSPS) is 30.4.